The van der Waals surface area contributed by atoms with E-state index in [1.165, 1.54) is 5.56 Å². The van der Waals surface area contributed by atoms with Crippen LogP contribution < -0.4 is 5.32 Å². The van der Waals surface area contributed by atoms with Crippen molar-refractivity contribution in [1.82, 2.24) is 15.2 Å². The highest BCUT2D eigenvalue weighted by Crippen LogP contribution is 2.41. The number of hydrogen-bond donors (Lipinski definition) is 1. The maximum absolute atomic E-state index is 12.4. The van der Waals surface area contributed by atoms with Gasteiger partial charge in [0.15, 0.2) is 0 Å². The molecule has 0 aliphatic carbocycles. The maximum Gasteiger partial charge on any atom is 0.223 e. The first-order valence-corrected chi connectivity index (χ1v) is 7.69. The summed E-state index contributed by atoms with van der Waals surface area (Å²) in [5, 5.41) is 3.63. The third-order valence-electron chi connectivity index (χ3n) is 4.93. The summed E-state index contributed by atoms with van der Waals surface area (Å²) >= 11 is 0. The first-order chi connectivity index (χ1) is 9.76. The largest absolute Gasteiger partial charge is 0.331 e. The fourth-order valence-electron chi connectivity index (χ4n) is 3.94. The van der Waals surface area contributed by atoms with Gasteiger partial charge in [0, 0.05) is 31.4 Å². The van der Waals surface area contributed by atoms with Crippen molar-refractivity contribution in [2.75, 3.05) is 6.54 Å². The van der Waals surface area contributed by atoms with E-state index < -0.39 is 0 Å². The highest BCUT2D eigenvalue weighted by Gasteiger charge is 2.50. The summed E-state index contributed by atoms with van der Waals surface area (Å²) in [7, 11) is 0. The van der Waals surface area contributed by atoms with Crippen molar-refractivity contribution < 1.29 is 4.79 Å². The SMILES string of the molecule is CC[C@@H]1NCCC[C@]12CCC(=O)N2Cc1ccncc1. The quantitative estimate of drug-likeness (QED) is 0.917. The molecule has 0 unspecified atom stereocenters. The third kappa shape index (κ3) is 2.22. The number of piperidine rings is 1. The van der Waals surface area contributed by atoms with Crippen LogP contribution in [0.25, 0.3) is 0 Å². The molecule has 1 aromatic heterocycles. The molecular formula is C16H23N3O. The smallest absolute Gasteiger partial charge is 0.223 e. The summed E-state index contributed by atoms with van der Waals surface area (Å²) in [4.78, 5) is 18.6. The molecule has 2 atom stereocenters. The van der Waals surface area contributed by atoms with Crippen molar-refractivity contribution in [3.05, 3.63) is 30.1 Å². The van der Waals surface area contributed by atoms with Gasteiger partial charge in [0.05, 0.1) is 5.54 Å². The zero-order valence-electron chi connectivity index (χ0n) is 12.1. The number of amides is 1. The van der Waals surface area contributed by atoms with E-state index in [4.69, 9.17) is 0 Å². The van der Waals surface area contributed by atoms with Gasteiger partial charge < -0.3 is 10.2 Å². The Morgan fingerprint density at radius 3 is 2.95 bits per heavy atom. The molecule has 1 aromatic rings. The number of likely N-dealkylation sites (tertiary alicyclic amines) is 1. The molecule has 2 aliphatic heterocycles. The molecule has 108 valence electrons. The van der Waals surface area contributed by atoms with Crippen LogP contribution >= 0.6 is 0 Å². The van der Waals surface area contributed by atoms with E-state index in [-0.39, 0.29) is 5.54 Å². The summed E-state index contributed by atoms with van der Waals surface area (Å²) in [6, 6.07) is 4.46. The van der Waals surface area contributed by atoms with Crippen LogP contribution in [-0.4, -0.2) is 33.9 Å². The van der Waals surface area contributed by atoms with Gasteiger partial charge >= 0.3 is 0 Å². The van der Waals surface area contributed by atoms with Crippen molar-refractivity contribution in [2.45, 2.75) is 57.2 Å². The van der Waals surface area contributed by atoms with Crippen LogP contribution in [0.1, 0.15) is 44.6 Å². The minimum atomic E-state index is 0.0351. The predicted octanol–water partition coefficient (Wildman–Crippen LogP) is 2.10. The van der Waals surface area contributed by atoms with Crippen LogP contribution in [0.5, 0.6) is 0 Å². The molecule has 1 amide bonds. The monoisotopic (exact) mass is 273 g/mol. The predicted molar refractivity (Wildman–Crippen MR) is 78.1 cm³/mol. The molecule has 0 radical (unpaired) electrons. The second-order valence-electron chi connectivity index (χ2n) is 5.96. The molecule has 0 bridgehead atoms. The molecule has 2 saturated heterocycles. The number of hydrogen-bond acceptors (Lipinski definition) is 3. The van der Waals surface area contributed by atoms with Crippen molar-refractivity contribution in [3.8, 4) is 0 Å². The van der Waals surface area contributed by atoms with Gasteiger partial charge in [0.1, 0.15) is 0 Å². The Morgan fingerprint density at radius 2 is 2.20 bits per heavy atom. The van der Waals surface area contributed by atoms with Crippen LogP contribution in [0.4, 0.5) is 0 Å². The van der Waals surface area contributed by atoms with Crippen LogP contribution in [0.3, 0.4) is 0 Å². The minimum Gasteiger partial charge on any atom is -0.331 e. The highest BCUT2D eigenvalue weighted by molar-refractivity contribution is 5.80. The molecule has 3 rings (SSSR count). The van der Waals surface area contributed by atoms with Gasteiger partial charge in [-0.05, 0) is 49.9 Å². The Hall–Kier alpha value is -1.42. The fraction of sp³-hybridized carbons (Fsp3) is 0.625. The molecule has 1 spiro atoms. The molecule has 0 aromatic carbocycles. The van der Waals surface area contributed by atoms with E-state index in [1.54, 1.807) is 12.4 Å². The number of carbonyl (C=O) groups excluding carboxylic acids is 1. The van der Waals surface area contributed by atoms with E-state index in [2.05, 4.69) is 22.1 Å². The zero-order valence-corrected chi connectivity index (χ0v) is 12.1. The number of rotatable bonds is 3. The summed E-state index contributed by atoms with van der Waals surface area (Å²) in [6.45, 7) is 4.02. The van der Waals surface area contributed by atoms with E-state index in [1.807, 2.05) is 12.1 Å². The average molecular weight is 273 g/mol. The van der Waals surface area contributed by atoms with E-state index in [0.29, 0.717) is 18.4 Å². The maximum atomic E-state index is 12.4. The highest BCUT2D eigenvalue weighted by atomic mass is 16.2. The second-order valence-corrected chi connectivity index (χ2v) is 5.96. The summed E-state index contributed by atoms with van der Waals surface area (Å²) in [6.07, 6.45) is 8.69. The zero-order chi connectivity index (χ0) is 14.0. The Kier molecular flexibility index (Phi) is 3.74. The first-order valence-electron chi connectivity index (χ1n) is 7.69. The average Bonchev–Trinajstić information content (AvgIpc) is 2.79. The number of aromatic nitrogens is 1. The second kappa shape index (κ2) is 5.52. The summed E-state index contributed by atoms with van der Waals surface area (Å²) in [5.41, 5.74) is 1.21. The van der Waals surface area contributed by atoms with Gasteiger partial charge in [-0.15, -0.1) is 0 Å². The normalized spacial score (nSPS) is 30.1. The van der Waals surface area contributed by atoms with Crippen molar-refractivity contribution >= 4 is 5.91 Å². The van der Waals surface area contributed by atoms with Gasteiger partial charge in [-0.25, -0.2) is 0 Å². The van der Waals surface area contributed by atoms with E-state index in [9.17, 15) is 4.79 Å². The molecule has 2 aliphatic rings. The minimum absolute atomic E-state index is 0.0351. The summed E-state index contributed by atoms with van der Waals surface area (Å²) < 4.78 is 0. The number of carbonyl (C=O) groups is 1. The third-order valence-corrected chi connectivity index (χ3v) is 4.93. The molecule has 0 saturated carbocycles. The topological polar surface area (TPSA) is 45.2 Å². The van der Waals surface area contributed by atoms with E-state index in [0.717, 1.165) is 38.8 Å². The van der Waals surface area contributed by atoms with Crippen molar-refractivity contribution in [2.24, 2.45) is 0 Å². The standard InChI is InChI=1S/C16H23N3O/c1-2-14-16(7-3-9-18-14)8-4-15(20)19(16)12-13-5-10-17-11-6-13/h5-6,10-11,14,18H,2-4,7-9,12H2,1H3/t14-,16-/m0/s1. The Labute approximate surface area is 120 Å². The Morgan fingerprint density at radius 1 is 1.40 bits per heavy atom. The van der Waals surface area contributed by atoms with Crippen LogP contribution in [0, 0.1) is 0 Å². The molecule has 20 heavy (non-hydrogen) atoms. The van der Waals surface area contributed by atoms with Crippen molar-refractivity contribution in [3.63, 3.8) is 0 Å². The van der Waals surface area contributed by atoms with Gasteiger partial charge in [0.25, 0.3) is 0 Å². The fourth-order valence-corrected chi connectivity index (χ4v) is 3.94. The first kappa shape index (κ1) is 13.6. The molecular weight excluding hydrogens is 250 g/mol. The lowest BCUT2D eigenvalue weighted by Gasteiger charge is -2.48. The lowest BCUT2D eigenvalue weighted by Crippen LogP contribution is -2.61. The molecule has 2 fully saturated rings. The number of nitrogens with one attached hydrogen (secondary N) is 1. The Bertz CT molecular complexity index is 476. The van der Waals surface area contributed by atoms with Crippen LogP contribution in [-0.2, 0) is 11.3 Å². The number of nitrogens with zero attached hydrogens (tertiary/aromatic N) is 2. The number of pyridine rings is 1. The van der Waals surface area contributed by atoms with Gasteiger partial charge in [-0.3, -0.25) is 9.78 Å². The van der Waals surface area contributed by atoms with Gasteiger partial charge in [-0.2, -0.15) is 0 Å². The van der Waals surface area contributed by atoms with Crippen LogP contribution in [0.15, 0.2) is 24.5 Å². The van der Waals surface area contributed by atoms with Gasteiger partial charge in [0.2, 0.25) is 5.91 Å². The van der Waals surface area contributed by atoms with Gasteiger partial charge in [-0.1, -0.05) is 6.92 Å². The molecule has 4 nitrogen and oxygen atoms in total. The lowest BCUT2D eigenvalue weighted by atomic mass is 9.78. The Balaban J connectivity index is 1.87. The van der Waals surface area contributed by atoms with Crippen molar-refractivity contribution in [1.29, 1.82) is 0 Å². The summed E-state index contributed by atoms with van der Waals surface area (Å²) in [5.74, 6) is 0.309. The molecule has 1 N–H and O–H groups in total. The molecule has 3 heterocycles. The van der Waals surface area contributed by atoms with Crippen LogP contribution in [0.2, 0.25) is 0 Å². The molecule has 4 heteroatoms. The lowest BCUT2D eigenvalue weighted by molar-refractivity contribution is -0.133. The van der Waals surface area contributed by atoms with E-state index >= 15 is 0 Å².